The fourth-order valence-electron chi connectivity index (χ4n) is 10.7. The maximum absolute atomic E-state index is 15.4. The van der Waals surface area contributed by atoms with Gasteiger partial charge >= 0.3 is 18.0 Å². The van der Waals surface area contributed by atoms with Gasteiger partial charge < -0.3 is 60.5 Å². The number of ether oxygens (including phenoxy) is 4. The highest BCUT2D eigenvalue weighted by Crippen LogP contribution is 2.46. The SMILES string of the molecule is CC[C@@]1(O)C(=O)OCc2c1cc1n(c2=O)Cc2c-1nc1cc(F)c(C)c3c1c2[C@H](NC(=O)COCNC(=O)CNC(=O)[C@H](Cc1ccccc1)NC(=O)CNC(=O)CNC(=O)[C@H](CN(CC(=O)OC(C)(C)C)C(=O)OC(C)(C)C)N1C(=O)C=CC1=O)CC3. The molecule has 468 valence electrons. The van der Waals surface area contributed by atoms with E-state index in [-0.39, 0.29) is 42.6 Å². The smallest absolute Gasteiger partial charge is 0.410 e. The Bertz CT molecular complexity index is 3610. The molecule has 2 aromatic heterocycles. The van der Waals surface area contributed by atoms with E-state index >= 15 is 4.39 Å². The first-order valence-electron chi connectivity index (χ1n) is 28.3. The third kappa shape index (κ3) is 14.7. The van der Waals surface area contributed by atoms with Gasteiger partial charge in [0.1, 0.15) is 55.6 Å². The number of amides is 9. The number of benzene rings is 2. The van der Waals surface area contributed by atoms with Crippen molar-refractivity contribution >= 4 is 76.2 Å². The number of nitrogens with one attached hydrogen (secondary N) is 6. The summed E-state index contributed by atoms with van der Waals surface area (Å²) >= 11 is 0. The Morgan fingerprint density at radius 2 is 1.48 bits per heavy atom. The molecule has 9 amide bonds. The molecule has 0 unspecified atom stereocenters. The summed E-state index contributed by atoms with van der Waals surface area (Å²) < 4.78 is 38.4. The maximum atomic E-state index is 15.4. The number of esters is 2. The van der Waals surface area contributed by atoms with Crippen molar-refractivity contribution in [2.45, 2.75) is 129 Å². The van der Waals surface area contributed by atoms with Crippen molar-refractivity contribution < 1.29 is 81.2 Å². The number of carbonyl (C=O) groups excluding carboxylic acids is 11. The number of halogens is 1. The number of pyridine rings is 2. The Morgan fingerprint density at radius 3 is 2.14 bits per heavy atom. The average Bonchev–Trinajstić information content (AvgIpc) is 1.66. The van der Waals surface area contributed by atoms with Gasteiger partial charge in [-0.2, -0.15) is 0 Å². The van der Waals surface area contributed by atoms with Crippen molar-refractivity contribution in [3.05, 3.63) is 110 Å². The Balaban J connectivity index is 0.840. The van der Waals surface area contributed by atoms with E-state index in [0.717, 1.165) is 17.1 Å². The molecule has 3 aliphatic heterocycles. The fraction of sp³-hybridized carbons (Fsp3) is 0.450. The molecule has 0 saturated heterocycles. The zero-order valence-corrected chi connectivity index (χ0v) is 49.8. The van der Waals surface area contributed by atoms with Gasteiger partial charge in [0.2, 0.25) is 35.4 Å². The minimum absolute atomic E-state index is 0.0241. The summed E-state index contributed by atoms with van der Waals surface area (Å²) in [7, 11) is 0. The summed E-state index contributed by atoms with van der Waals surface area (Å²) in [6, 6.07) is 7.61. The van der Waals surface area contributed by atoms with E-state index in [0.29, 0.717) is 62.3 Å². The molecule has 1 aliphatic carbocycles. The quantitative estimate of drug-likeness (QED) is 0.0165. The summed E-state index contributed by atoms with van der Waals surface area (Å²) in [5.41, 5.74) is -0.541. The van der Waals surface area contributed by atoms with Gasteiger partial charge in [-0.25, -0.2) is 19.0 Å². The lowest BCUT2D eigenvalue weighted by Gasteiger charge is -2.32. The molecule has 7 N–H and O–H groups in total. The largest absolute Gasteiger partial charge is 0.459 e. The van der Waals surface area contributed by atoms with Crippen LogP contribution in [0, 0.1) is 12.7 Å². The molecule has 0 spiro atoms. The molecule has 0 saturated carbocycles. The first kappa shape index (κ1) is 64.6. The van der Waals surface area contributed by atoms with Crippen LogP contribution in [-0.4, -0.2) is 159 Å². The predicted molar refractivity (Wildman–Crippen MR) is 307 cm³/mol. The summed E-state index contributed by atoms with van der Waals surface area (Å²) in [6.45, 7) is 7.70. The number of aryl methyl sites for hydroxylation is 1. The van der Waals surface area contributed by atoms with Gasteiger partial charge in [0, 0.05) is 41.2 Å². The van der Waals surface area contributed by atoms with Crippen molar-refractivity contribution in [1.82, 2.24) is 51.3 Å². The van der Waals surface area contributed by atoms with Crippen molar-refractivity contribution in [2.24, 2.45) is 0 Å². The molecule has 2 aromatic carbocycles. The molecule has 0 bridgehead atoms. The van der Waals surface area contributed by atoms with Gasteiger partial charge in [0.25, 0.3) is 17.4 Å². The number of fused-ring (bicyclic) bond motifs is 5. The molecule has 4 aromatic rings. The van der Waals surface area contributed by atoms with Crippen LogP contribution >= 0.6 is 0 Å². The van der Waals surface area contributed by atoms with E-state index in [1.165, 1.54) is 10.6 Å². The van der Waals surface area contributed by atoms with E-state index in [1.807, 2.05) is 0 Å². The van der Waals surface area contributed by atoms with Crippen LogP contribution in [0.4, 0.5) is 9.18 Å². The van der Waals surface area contributed by atoms with Gasteiger partial charge in [-0.1, -0.05) is 37.3 Å². The van der Waals surface area contributed by atoms with Gasteiger partial charge in [-0.3, -0.25) is 57.7 Å². The number of cyclic esters (lactones) is 1. The fourth-order valence-corrected chi connectivity index (χ4v) is 10.7. The molecule has 88 heavy (non-hydrogen) atoms. The van der Waals surface area contributed by atoms with Crippen LogP contribution < -0.4 is 37.5 Å². The lowest BCUT2D eigenvalue weighted by Crippen LogP contribution is -2.57. The van der Waals surface area contributed by atoms with E-state index in [9.17, 15) is 62.6 Å². The molecule has 27 nitrogen and oxygen atoms in total. The molecule has 0 fully saturated rings. The summed E-state index contributed by atoms with van der Waals surface area (Å²) in [6.07, 6.45) is 1.28. The lowest BCUT2D eigenvalue weighted by atomic mass is 9.81. The molecular formula is C60H69FN10O17. The molecule has 4 aliphatic rings. The Labute approximate surface area is 503 Å². The van der Waals surface area contributed by atoms with E-state index in [1.54, 1.807) is 91.8 Å². The van der Waals surface area contributed by atoms with E-state index in [2.05, 4.69) is 31.9 Å². The van der Waals surface area contributed by atoms with Crippen molar-refractivity contribution in [2.75, 3.05) is 46.1 Å². The van der Waals surface area contributed by atoms with E-state index < -0.39 is 158 Å². The number of hydrogen-bond acceptors (Lipinski definition) is 18. The zero-order valence-electron chi connectivity index (χ0n) is 49.8. The topological polar surface area (TPSA) is 358 Å². The highest BCUT2D eigenvalue weighted by atomic mass is 19.1. The molecule has 28 heteroatoms. The predicted octanol–water partition coefficient (Wildman–Crippen LogP) is 0.669. The molecule has 8 rings (SSSR count). The number of aliphatic hydroxyl groups is 1. The van der Waals surface area contributed by atoms with Crippen molar-refractivity contribution in [3.8, 4) is 11.4 Å². The third-order valence-electron chi connectivity index (χ3n) is 14.8. The monoisotopic (exact) mass is 1220 g/mol. The highest BCUT2D eigenvalue weighted by Gasteiger charge is 2.46. The number of aromatic nitrogens is 2. The van der Waals surface area contributed by atoms with Gasteiger partial charge in [0.15, 0.2) is 5.60 Å². The number of rotatable bonds is 22. The summed E-state index contributed by atoms with van der Waals surface area (Å²) in [4.78, 5) is 165. The average molecular weight is 1220 g/mol. The normalized spacial score (nSPS) is 17.1. The first-order chi connectivity index (χ1) is 41.5. The van der Waals surface area contributed by atoms with Crippen LogP contribution in [0.3, 0.4) is 0 Å². The standard InChI is InChI=1S/C60H69FN10O17/c1-9-60(84)36-20-41-52-34(25-70(41)55(81)35(36)28-86-56(60)82)51-38(16-15-33-31(2)37(61)21-39(68-52)50(33)51)66-46(75)29-85-30-65-44(73)23-63-53(79)40(19-32-13-11-10-12-14-32)67-45(74)24-62-43(72)22-64-54(80)42(71-47(76)17-18-48(71)77)26-69(57(83)88-59(6,7)8)27-49(78)87-58(3,4)5/h10-14,17-18,20-21,38,40,42,84H,9,15-16,19,22-30H2,1-8H3,(H,62,72)(H,63,79)(H,64,80)(H,65,73)(H,66,75)(H,67,74)/t38-,40+,42+,60+/m1/s1. The molecule has 4 atom stereocenters. The minimum atomic E-state index is -2.08. The first-order valence-corrected chi connectivity index (χ1v) is 28.3. The van der Waals surface area contributed by atoms with Crippen LogP contribution in [0.1, 0.15) is 106 Å². The summed E-state index contributed by atoms with van der Waals surface area (Å²) in [5, 5.41) is 27.0. The van der Waals surface area contributed by atoms with Crippen molar-refractivity contribution in [3.63, 3.8) is 0 Å². The second-order valence-electron chi connectivity index (χ2n) is 23.4. The molecule has 5 heterocycles. The Kier molecular flexibility index (Phi) is 19.3. The summed E-state index contributed by atoms with van der Waals surface area (Å²) in [5.74, 6) is -9.13. The van der Waals surface area contributed by atoms with Gasteiger partial charge in [-0.05, 0) is 96.0 Å². The van der Waals surface area contributed by atoms with Crippen LogP contribution in [0.5, 0.6) is 0 Å². The Morgan fingerprint density at radius 1 is 0.830 bits per heavy atom. The van der Waals surface area contributed by atoms with Gasteiger partial charge in [0.05, 0.1) is 61.2 Å². The second kappa shape index (κ2) is 26.3. The van der Waals surface area contributed by atoms with Crippen molar-refractivity contribution in [1.29, 1.82) is 0 Å². The maximum Gasteiger partial charge on any atom is 0.410 e. The highest BCUT2D eigenvalue weighted by molar-refractivity contribution is 6.15. The third-order valence-corrected chi connectivity index (χ3v) is 14.8. The van der Waals surface area contributed by atoms with Gasteiger partial charge in [-0.15, -0.1) is 0 Å². The molecular weight excluding hydrogens is 1150 g/mol. The minimum Gasteiger partial charge on any atom is -0.459 e. The lowest BCUT2D eigenvalue weighted by molar-refractivity contribution is -0.172. The number of carbonyl (C=O) groups is 11. The zero-order chi connectivity index (χ0) is 64.2. The molecule has 0 radical (unpaired) electrons. The second-order valence-corrected chi connectivity index (χ2v) is 23.4. The number of hydrogen-bond donors (Lipinski definition) is 7. The van der Waals surface area contributed by atoms with Crippen LogP contribution in [-0.2, 0) is 98.5 Å². The number of imide groups is 1. The van der Waals surface area contributed by atoms with Crippen LogP contribution in [0.15, 0.2) is 59.4 Å². The number of nitrogens with zero attached hydrogens (tertiary/aromatic N) is 4. The van der Waals surface area contributed by atoms with E-state index in [4.69, 9.17) is 23.9 Å². The Hall–Kier alpha value is -9.44. The van der Waals surface area contributed by atoms with Crippen LogP contribution in [0.25, 0.3) is 22.3 Å². The van der Waals surface area contributed by atoms with Crippen LogP contribution in [0.2, 0.25) is 0 Å².